The first-order valence-electron chi connectivity index (χ1n) is 9.57. The number of rotatable bonds is 7. The summed E-state index contributed by atoms with van der Waals surface area (Å²) in [4.78, 5) is 13.7. The molecule has 1 saturated heterocycles. The van der Waals surface area contributed by atoms with Gasteiger partial charge in [0.2, 0.25) is 0 Å². The van der Waals surface area contributed by atoms with E-state index < -0.39 is 0 Å². The van der Waals surface area contributed by atoms with Crippen LogP contribution in [-0.4, -0.2) is 25.6 Å². The van der Waals surface area contributed by atoms with Crippen LogP contribution in [-0.2, 0) is 17.9 Å². The quantitative estimate of drug-likeness (QED) is 0.802. The van der Waals surface area contributed by atoms with Crippen LogP contribution >= 0.6 is 0 Å². The van der Waals surface area contributed by atoms with Gasteiger partial charge in [0.15, 0.2) is 6.61 Å². The van der Waals surface area contributed by atoms with E-state index in [0.717, 1.165) is 23.4 Å². The second-order valence-corrected chi connectivity index (χ2v) is 7.13. The molecule has 0 aromatic heterocycles. The van der Waals surface area contributed by atoms with Crippen molar-refractivity contribution in [1.82, 2.24) is 5.32 Å². The van der Waals surface area contributed by atoms with Crippen molar-refractivity contribution in [3.8, 4) is 5.75 Å². The van der Waals surface area contributed by atoms with Crippen LogP contribution in [0, 0.1) is 6.92 Å². The van der Waals surface area contributed by atoms with Crippen LogP contribution in [0.4, 0.5) is 0 Å². The fourth-order valence-electron chi connectivity index (χ4n) is 3.41. The summed E-state index contributed by atoms with van der Waals surface area (Å²) in [6.45, 7) is 6.24. The van der Waals surface area contributed by atoms with E-state index in [4.69, 9.17) is 4.74 Å². The van der Waals surface area contributed by atoms with E-state index in [1.165, 1.54) is 37.9 Å². The van der Waals surface area contributed by atoms with E-state index in [9.17, 15) is 4.79 Å². The smallest absolute Gasteiger partial charge is 0.258 e. The molecule has 2 aromatic carbocycles. The molecule has 2 N–H and O–H groups in total. The summed E-state index contributed by atoms with van der Waals surface area (Å²) in [5, 5.41) is 2.92. The first-order chi connectivity index (χ1) is 12.7. The van der Waals surface area contributed by atoms with Gasteiger partial charge >= 0.3 is 0 Å². The van der Waals surface area contributed by atoms with Gasteiger partial charge in [-0.2, -0.15) is 0 Å². The number of hydrogen-bond acceptors (Lipinski definition) is 2. The van der Waals surface area contributed by atoms with Gasteiger partial charge in [-0.05, 0) is 43.4 Å². The van der Waals surface area contributed by atoms with Crippen LogP contribution in [0.3, 0.4) is 0 Å². The fourth-order valence-corrected chi connectivity index (χ4v) is 3.41. The minimum atomic E-state index is -0.102. The van der Waals surface area contributed by atoms with Gasteiger partial charge in [0, 0.05) is 12.1 Å². The average molecular weight is 353 g/mol. The Bertz CT molecular complexity index is 706. The lowest BCUT2D eigenvalue weighted by atomic mass is 10.1. The van der Waals surface area contributed by atoms with Gasteiger partial charge in [-0.1, -0.05) is 42.5 Å². The van der Waals surface area contributed by atoms with Gasteiger partial charge in [-0.3, -0.25) is 4.79 Å². The topological polar surface area (TPSA) is 42.8 Å². The molecule has 2 aromatic rings. The van der Waals surface area contributed by atoms with Crippen molar-refractivity contribution < 1.29 is 14.4 Å². The standard InChI is InChI=1S/C22H28N2O2/c1-18-7-3-4-8-21(18)26-17-22(25)23-15-19-9-11-20(12-10-19)16-24-13-5-2-6-14-24/h3-4,7-12H,2,5-6,13-17H2,1H3,(H,23,25)/p+1. The summed E-state index contributed by atoms with van der Waals surface area (Å²) in [6.07, 6.45) is 4.09. The molecule has 138 valence electrons. The number of aryl methyl sites for hydroxylation is 1. The largest absolute Gasteiger partial charge is 0.484 e. The predicted molar refractivity (Wildman–Crippen MR) is 103 cm³/mol. The second kappa shape index (κ2) is 9.39. The first kappa shape index (κ1) is 18.5. The Hall–Kier alpha value is -2.33. The van der Waals surface area contributed by atoms with Gasteiger partial charge in [0.25, 0.3) is 5.91 Å². The summed E-state index contributed by atoms with van der Waals surface area (Å²) in [7, 11) is 0. The number of carbonyl (C=O) groups is 1. The molecular formula is C22H29N2O2+. The number of amides is 1. The number of piperidine rings is 1. The predicted octanol–water partition coefficient (Wildman–Crippen LogP) is 2.26. The number of benzene rings is 2. The highest BCUT2D eigenvalue weighted by atomic mass is 16.5. The van der Waals surface area contributed by atoms with Gasteiger partial charge in [-0.25, -0.2) is 0 Å². The molecule has 26 heavy (non-hydrogen) atoms. The highest BCUT2D eigenvalue weighted by Crippen LogP contribution is 2.15. The first-order valence-corrected chi connectivity index (χ1v) is 9.57. The van der Waals surface area contributed by atoms with Crippen molar-refractivity contribution in [3.63, 3.8) is 0 Å². The Labute approximate surface area is 156 Å². The van der Waals surface area contributed by atoms with E-state index in [2.05, 4.69) is 29.6 Å². The molecule has 0 radical (unpaired) electrons. The fraction of sp³-hybridized carbons (Fsp3) is 0.409. The van der Waals surface area contributed by atoms with Crippen LogP contribution in [0.5, 0.6) is 5.75 Å². The molecule has 3 rings (SSSR count). The Morgan fingerprint density at radius 2 is 1.69 bits per heavy atom. The van der Waals surface area contributed by atoms with E-state index >= 15 is 0 Å². The minimum absolute atomic E-state index is 0.0429. The van der Waals surface area contributed by atoms with Crippen molar-refractivity contribution >= 4 is 5.91 Å². The number of hydrogen-bond donors (Lipinski definition) is 2. The molecule has 4 nitrogen and oxygen atoms in total. The maximum Gasteiger partial charge on any atom is 0.258 e. The summed E-state index contributed by atoms with van der Waals surface area (Å²) in [6, 6.07) is 16.3. The molecule has 0 aliphatic carbocycles. The minimum Gasteiger partial charge on any atom is -0.484 e. The summed E-state index contributed by atoms with van der Waals surface area (Å²) in [5.41, 5.74) is 3.53. The molecule has 4 heteroatoms. The van der Waals surface area contributed by atoms with Crippen molar-refractivity contribution in [2.45, 2.75) is 39.3 Å². The van der Waals surface area contributed by atoms with Gasteiger partial charge in [0.1, 0.15) is 12.3 Å². The Kier molecular flexibility index (Phi) is 6.67. The highest BCUT2D eigenvalue weighted by molar-refractivity contribution is 5.77. The number of carbonyl (C=O) groups excluding carboxylic acids is 1. The Morgan fingerprint density at radius 1 is 1.00 bits per heavy atom. The number of ether oxygens (including phenoxy) is 1. The molecule has 1 aliphatic heterocycles. The van der Waals surface area contributed by atoms with E-state index in [-0.39, 0.29) is 12.5 Å². The molecule has 0 atom stereocenters. The number of likely N-dealkylation sites (tertiary alicyclic amines) is 1. The van der Waals surface area contributed by atoms with Crippen molar-refractivity contribution in [1.29, 1.82) is 0 Å². The monoisotopic (exact) mass is 353 g/mol. The third kappa shape index (κ3) is 5.60. The third-order valence-electron chi connectivity index (χ3n) is 4.98. The van der Waals surface area contributed by atoms with Crippen LogP contribution in [0.1, 0.15) is 36.0 Å². The van der Waals surface area contributed by atoms with Gasteiger partial charge in [-0.15, -0.1) is 0 Å². The Balaban J connectivity index is 1.41. The maximum atomic E-state index is 12.0. The lowest BCUT2D eigenvalue weighted by Crippen LogP contribution is -3.11. The zero-order chi connectivity index (χ0) is 18.2. The molecule has 1 aliphatic rings. The SMILES string of the molecule is Cc1ccccc1OCC(=O)NCc1ccc(C[NH+]2CCCCC2)cc1. The molecule has 0 saturated carbocycles. The molecule has 1 amide bonds. The number of quaternary nitrogens is 1. The molecular weight excluding hydrogens is 324 g/mol. The molecule has 0 bridgehead atoms. The zero-order valence-electron chi connectivity index (χ0n) is 15.6. The van der Waals surface area contributed by atoms with E-state index in [1.54, 1.807) is 4.90 Å². The Morgan fingerprint density at radius 3 is 2.42 bits per heavy atom. The lowest BCUT2D eigenvalue weighted by Gasteiger charge is -2.23. The molecule has 1 heterocycles. The van der Waals surface area contributed by atoms with Crippen LogP contribution in [0.25, 0.3) is 0 Å². The van der Waals surface area contributed by atoms with Crippen LogP contribution in [0.15, 0.2) is 48.5 Å². The highest BCUT2D eigenvalue weighted by Gasteiger charge is 2.13. The summed E-state index contributed by atoms with van der Waals surface area (Å²) < 4.78 is 5.58. The molecule has 0 spiro atoms. The lowest BCUT2D eigenvalue weighted by molar-refractivity contribution is -0.918. The molecule has 1 fully saturated rings. The zero-order valence-corrected chi connectivity index (χ0v) is 15.6. The number of nitrogens with one attached hydrogen (secondary N) is 2. The van der Waals surface area contributed by atoms with Crippen molar-refractivity contribution in [2.24, 2.45) is 0 Å². The average Bonchev–Trinajstić information content (AvgIpc) is 2.68. The van der Waals surface area contributed by atoms with Gasteiger partial charge < -0.3 is 15.0 Å². The maximum absolute atomic E-state index is 12.0. The van der Waals surface area contributed by atoms with E-state index in [1.807, 2.05) is 31.2 Å². The van der Waals surface area contributed by atoms with E-state index in [0.29, 0.717) is 6.54 Å². The normalized spacial score (nSPS) is 14.8. The van der Waals surface area contributed by atoms with Crippen LogP contribution < -0.4 is 15.0 Å². The third-order valence-corrected chi connectivity index (χ3v) is 4.98. The second-order valence-electron chi connectivity index (χ2n) is 7.13. The summed E-state index contributed by atoms with van der Waals surface area (Å²) >= 11 is 0. The molecule has 0 unspecified atom stereocenters. The van der Waals surface area contributed by atoms with Crippen LogP contribution in [0.2, 0.25) is 0 Å². The van der Waals surface area contributed by atoms with Gasteiger partial charge in [0.05, 0.1) is 13.1 Å². The number of para-hydroxylation sites is 1. The van der Waals surface area contributed by atoms with Crippen molar-refractivity contribution in [2.75, 3.05) is 19.7 Å². The summed E-state index contributed by atoms with van der Waals surface area (Å²) in [5.74, 6) is 0.655. The van der Waals surface area contributed by atoms with Crippen molar-refractivity contribution in [3.05, 3.63) is 65.2 Å².